The number of amides is 1. The van der Waals surface area contributed by atoms with Crippen molar-refractivity contribution in [2.45, 2.75) is 46.2 Å². The summed E-state index contributed by atoms with van der Waals surface area (Å²) in [4.78, 5) is 27.6. The van der Waals surface area contributed by atoms with Crippen LogP contribution in [0.5, 0.6) is 0 Å². The first kappa shape index (κ1) is 20.3. The van der Waals surface area contributed by atoms with E-state index in [-0.39, 0.29) is 17.0 Å². The van der Waals surface area contributed by atoms with Gasteiger partial charge in [0.25, 0.3) is 5.91 Å². The van der Waals surface area contributed by atoms with Crippen molar-refractivity contribution >= 4 is 22.5 Å². The largest absolute Gasteiger partial charge is 0.367 e. The highest BCUT2D eigenvalue weighted by atomic mass is 19.1. The van der Waals surface area contributed by atoms with E-state index in [9.17, 15) is 14.0 Å². The molecule has 152 valence electrons. The van der Waals surface area contributed by atoms with Gasteiger partial charge in [-0.3, -0.25) is 9.59 Å². The minimum atomic E-state index is -0.424. The molecular formula is C21H29FN4O2. The van der Waals surface area contributed by atoms with Crippen molar-refractivity contribution in [2.24, 2.45) is 0 Å². The van der Waals surface area contributed by atoms with E-state index >= 15 is 0 Å². The quantitative estimate of drug-likeness (QED) is 0.798. The molecule has 0 radical (unpaired) electrons. The summed E-state index contributed by atoms with van der Waals surface area (Å²) in [5.74, 6) is -0.818. The molecule has 3 rings (SSSR count). The summed E-state index contributed by atoms with van der Waals surface area (Å²) in [7, 11) is 0. The lowest BCUT2D eigenvalue weighted by Gasteiger charge is -2.30. The highest BCUT2D eigenvalue weighted by Crippen LogP contribution is 2.25. The molecule has 0 unspecified atom stereocenters. The molecule has 2 heterocycles. The van der Waals surface area contributed by atoms with Crippen LogP contribution in [-0.2, 0) is 6.54 Å². The lowest BCUT2D eigenvalue weighted by molar-refractivity contribution is 0.0933. The van der Waals surface area contributed by atoms with Gasteiger partial charge in [-0.15, -0.1) is 0 Å². The van der Waals surface area contributed by atoms with Crippen LogP contribution in [0, 0.1) is 5.82 Å². The number of aromatic nitrogens is 1. The third-order valence-electron chi connectivity index (χ3n) is 5.51. The van der Waals surface area contributed by atoms with Gasteiger partial charge in [0.15, 0.2) is 0 Å². The fraction of sp³-hybridized carbons (Fsp3) is 0.524. The summed E-state index contributed by atoms with van der Waals surface area (Å²) in [6.45, 7) is 9.54. The molecule has 1 fully saturated rings. The third kappa shape index (κ3) is 3.90. The fourth-order valence-electron chi connectivity index (χ4n) is 3.73. The maximum absolute atomic E-state index is 14.9. The number of benzene rings is 1. The Morgan fingerprint density at radius 1 is 1.21 bits per heavy atom. The van der Waals surface area contributed by atoms with Gasteiger partial charge in [0, 0.05) is 50.3 Å². The number of nitrogens with zero attached hydrogens (tertiary/aromatic N) is 2. The Balaban J connectivity index is 2.09. The first-order valence-electron chi connectivity index (χ1n) is 10.1. The number of halogens is 1. The van der Waals surface area contributed by atoms with E-state index in [0.717, 1.165) is 25.9 Å². The molecule has 1 aromatic carbocycles. The van der Waals surface area contributed by atoms with E-state index in [1.807, 2.05) is 30.2 Å². The zero-order chi connectivity index (χ0) is 20.3. The molecule has 0 spiro atoms. The monoisotopic (exact) mass is 388 g/mol. The van der Waals surface area contributed by atoms with Gasteiger partial charge < -0.3 is 20.1 Å². The molecule has 2 N–H and O–H groups in total. The number of aryl methyl sites for hydroxylation is 1. The summed E-state index contributed by atoms with van der Waals surface area (Å²) in [6.07, 6.45) is 3.18. The van der Waals surface area contributed by atoms with Crippen LogP contribution in [0.2, 0.25) is 0 Å². The van der Waals surface area contributed by atoms with Crippen molar-refractivity contribution in [2.75, 3.05) is 31.1 Å². The van der Waals surface area contributed by atoms with Crippen LogP contribution in [-0.4, -0.2) is 42.7 Å². The minimum Gasteiger partial charge on any atom is -0.367 e. The van der Waals surface area contributed by atoms with Crippen LogP contribution in [0.3, 0.4) is 0 Å². The van der Waals surface area contributed by atoms with Crippen molar-refractivity contribution in [1.29, 1.82) is 0 Å². The van der Waals surface area contributed by atoms with Crippen molar-refractivity contribution < 1.29 is 9.18 Å². The van der Waals surface area contributed by atoms with Gasteiger partial charge in [0.05, 0.1) is 11.2 Å². The molecule has 0 atom stereocenters. The summed E-state index contributed by atoms with van der Waals surface area (Å²) >= 11 is 0. The summed E-state index contributed by atoms with van der Waals surface area (Å²) in [5, 5.41) is 6.41. The van der Waals surface area contributed by atoms with Crippen LogP contribution in [0.25, 0.3) is 10.9 Å². The fourth-order valence-corrected chi connectivity index (χ4v) is 3.73. The molecule has 0 saturated carbocycles. The molecule has 1 saturated heterocycles. The second kappa shape index (κ2) is 8.73. The van der Waals surface area contributed by atoms with Gasteiger partial charge in [-0.05, 0) is 31.9 Å². The maximum atomic E-state index is 14.9. The molecule has 1 aliphatic heterocycles. The van der Waals surface area contributed by atoms with Crippen molar-refractivity contribution in [3.63, 3.8) is 0 Å². The molecule has 6 nitrogen and oxygen atoms in total. The first-order valence-corrected chi connectivity index (χ1v) is 10.1. The zero-order valence-electron chi connectivity index (χ0n) is 16.8. The number of fused-ring (bicyclic) bond motifs is 1. The maximum Gasteiger partial charge on any atom is 0.256 e. The van der Waals surface area contributed by atoms with Crippen molar-refractivity contribution in [3.05, 3.63) is 39.9 Å². The molecule has 0 bridgehead atoms. The lowest BCUT2D eigenvalue weighted by Crippen LogP contribution is -2.44. The molecule has 2 aromatic rings. The number of hydrogen-bond acceptors (Lipinski definition) is 4. The van der Waals surface area contributed by atoms with Gasteiger partial charge in [-0.25, -0.2) is 4.39 Å². The number of piperazine rings is 1. The van der Waals surface area contributed by atoms with Gasteiger partial charge in [0.1, 0.15) is 11.4 Å². The number of anilines is 1. The Hall–Kier alpha value is -2.41. The number of hydrogen-bond donors (Lipinski definition) is 2. The SMILES string of the molecule is CCC(CC)NC(=O)c1cn(CC)c2cc(N3CCNCC3)c(F)cc2c1=O. The topological polar surface area (TPSA) is 66.4 Å². The summed E-state index contributed by atoms with van der Waals surface area (Å²) < 4.78 is 16.7. The summed E-state index contributed by atoms with van der Waals surface area (Å²) in [6, 6.07) is 3.04. The second-order valence-electron chi connectivity index (χ2n) is 7.20. The van der Waals surface area contributed by atoms with E-state index in [1.54, 1.807) is 12.3 Å². The predicted octanol–water partition coefficient (Wildman–Crippen LogP) is 2.49. The number of rotatable bonds is 6. The Bertz CT molecular complexity index is 915. The molecule has 28 heavy (non-hydrogen) atoms. The van der Waals surface area contributed by atoms with E-state index in [2.05, 4.69) is 10.6 Å². The Labute approximate surface area is 164 Å². The number of carbonyl (C=O) groups excluding carboxylic acids is 1. The number of carbonyl (C=O) groups is 1. The van der Waals surface area contributed by atoms with Gasteiger partial charge >= 0.3 is 0 Å². The predicted molar refractivity (Wildman–Crippen MR) is 111 cm³/mol. The molecule has 1 aliphatic rings. The molecule has 0 aliphatic carbocycles. The van der Waals surface area contributed by atoms with E-state index in [4.69, 9.17) is 0 Å². The highest BCUT2D eigenvalue weighted by Gasteiger charge is 2.21. The Morgan fingerprint density at radius 2 is 1.89 bits per heavy atom. The van der Waals surface area contributed by atoms with E-state index in [0.29, 0.717) is 30.8 Å². The van der Waals surface area contributed by atoms with Crippen LogP contribution >= 0.6 is 0 Å². The van der Waals surface area contributed by atoms with Crippen LogP contribution in [0.15, 0.2) is 23.1 Å². The van der Waals surface area contributed by atoms with Crippen LogP contribution in [0.1, 0.15) is 44.0 Å². The van der Waals surface area contributed by atoms with E-state index in [1.165, 1.54) is 6.07 Å². The second-order valence-corrected chi connectivity index (χ2v) is 7.20. The lowest BCUT2D eigenvalue weighted by atomic mass is 10.1. The highest BCUT2D eigenvalue weighted by molar-refractivity contribution is 5.98. The minimum absolute atomic E-state index is 0.0181. The zero-order valence-corrected chi connectivity index (χ0v) is 16.8. The van der Waals surface area contributed by atoms with Gasteiger partial charge in [-0.2, -0.15) is 0 Å². The van der Waals surface area contributed by atoms with Crippen LogP contribution in [0.4, 0.5) is 10.1 Å². The third-order valence-corrected chi connectivity index (χ3v) is 5.51. The van der Waals surface area contributed by atoms with Crippen molar-refractivity contribution in [1.82, 2.24) is 15.2 Å². The van der Waals surface area contributed by atoms with Crippen LogP contribution < -0.4 is 21.0 Å². The first-order chi connectivity index (χ1) is 13.5. The normalized spacial score (nSPS) is 14.7. The Kier molecular flexibility index (Phi) is 6.34. The molecule has 1 aromatic heterocycles. The van der Waals surface area contributed by atoms with Crippen molar-refractivity contribution in [3.8, 4) is 0 Å². The van der Waals surface area contributed by atoms with E-state index < -0.39 is 17.2 Å². The Morgan fingerprint density at radius 3 is 2.50 bits per heavy atom. The molecule has 7 heteroatoms. The standard InChI is InChI=1S/C21H29FN4O2/c1-4-14(5-2)24-21(28)16-13-25(6-3)18-12-19(26-9-7-23-8-10-26)17(22)11-15(18)20(16)27/h11-14,23H,4-10H2,1-3H3,(H,24,28). The van der Waals surface area contributed by atoms with Gasteiger partial charge in [0.2, 0.25) is 5.43 Å². The number of nitrogens with one attached hydrogen (secondary N) is 2. The number of pyridine rings is 1. The molecule has 1 amide bonds. The molecular weight excluding hydrogens is 359 g/mol. The van der Waals surface area contributed by atoms with Gasteiger partial charge in [-0.1, -0.05) is 13.8 Å². The smallest absolute Gasteiger partial charge is 0.256 e. The average Bonchev–Trinajstić information content (AvgIpc) is 2.72. The average molecular weight is 388 g/mol. The summed E-state index contributed by atoms with van der Waals surface area (Å²) in [5.41, 5.74) is 0.802.